The summed E-state index contributed by atoms with van der Waals surface area (Å²) in [6, 6.07) is 9.93. The van der Waals surface area contributed by atoms with E-state index in [-0.39, 0.29) is 24.5 Å². The second-order valence-electron chi connectivity index (χ2n) is 9.37. The van der Waals surface area contributed by atoms with E-state index in [1.54, 1.807) is 17.5 Å². The van der Waals surface area contributed by atoms with Crippen molar-refractivity contribution < 1.29 is 9.90 Å². The Morgan fingerprint density at radius 1 is 1.15 bits per heavy atom. The molecule has 7 nitrogen and oxygen atoms in total. The first-order chi connectivity index (χ1) is 16.6. The lowest BCUT2D eigenvalue weighted by atomic mass is 9.81. The largest absolute Gasteiger partial charge is 0.394 e. The van der Waals surface area contributed by atoms with Crippen LogP contribution in [0.25, 0.3) is 10.6 Å². The van der Waals surface area contributed by atoms with E-state index in [1.807, 2.05) is 48.4 Å². The van der Waals surface area contributed by atoms with E-state index in [1.165, 1.54) is 0 Å². The molecule has 2 aliphatic rings. The fourth-order valence-corrected chi connectivity index (χ4v) is 6.17. The number of aliphatic hydroxyl groups excluding tert-OH is 1. The fourth-order valence-electron chi connectivity index (χ4n) is 5.11. The molecule has 2 N–H and O–H groups in total. The van der Waals surface area contributed by atoms with Crippen molar-refractivity contribution in [3.05, 3.63) is 53.3 Å². The second kappa shape index (κ2) is 10.2. The van der Waals surface area contributed by atoms with Gasteiger partial charge in [0, 0.05) is 30.8 Å². The summed E-state index contributed by atoms with van der Waals surface area (Å²) in [5, 5.41) is 14.0. The highest BCUT2D eigenvalue weighted by atomic mass is 32.1. The number of carbonyl (C=O) groups excluding carboxylic acids is 1. The van der Waals surface area contributed by atoms with Crippen molar-refractivity contribution in [3.8, 4) is 10.6 Å². The summed E-state index contributed by atoms with van der Waals surface area (Å²) in [7, 11) is 0. The SMILES string of the molecule is Cc1ccnc(Nc2cccc(-c3cnc(C4CCC(C(=O)N5CCCC5CO)CC4)s3)n2)c1. The molecule has 1 saturated heterocycles. The molecule has 1 atom stereocenters. The molecular weight excluding hydrogens is 446 g/mol. The molecule has 0 radical (unpaired) electrons. The summed E-state index contributed by atoms with van der Waals surface area (Å²) in [6.07, 6.45) is 9.39. The van der Waals surface area contributed by atoms with Gasteiger partial charge in [-0.15, -0.1) is 11.3 Å². The lowest BCUT2D eigenvalue weighted by Crippen LogP contribution is -2.42. The molecule has 34 heavy (non-hydrogen) atoms. The van der Waals surface area contributed by atoms with Crippen molar-refractivity contribution in [2.24, 2.45) is 5.92 Å². The van der Waals surface area contributed by atoms with Crippen LogP contribution in [0, 0.1) is 12.8 Å². The zero-order valence-electron chi connectivity index (χ0n) is 19.5. The van der Waals surface area contributed by atoms with Gasteiger partial charge in [0.1, 0.15) is 11.6 Å². The molecule has 0 bridgehead atoms. The van der Waals surface area contributed by atoms with E-state index in [4.69, 9.17) is 9.97 Å². The monoisotopic (exact) mass is 477 g/mol. The highest BCUT2D eigenvalue weighted by Gasteiger charge is 2.35. The first-order valence-electron chi connectivity index (χ1n) is 12.1. The normalized spacial score (nSPS) is 22.6. The molecular formula is C26H31N5O2S. The second-order valence-corrected chi connectivity index (χ2v) is 10.4. The molecule has 1 saturated carbocycles. The number of thiazole rings is 1. The Labute approximate surface area is 204 Å². The fraction of sp³-hybridized carbons (Fsp3) is 0.462. The highest BCUT2D eigenvalue weighted by Crippen LogP contribution is 2.40. The van der Waals surface area contributed by atoms with Crippen LogP contribution in [0.15, 0.2) is 42.7 Å². The van der Waals surface area contributed by atoms with Crippen LogP contribution in [-0.4, -0.2) is 50.1 Å². The molecule has 1 amide bonds. The van der Waals surface area contributed by atoms with Crippen molar-refractivity contribution in [3.63, 3.8) is 0 Å². The van der Waals surface area contributed by atoms with Gasteiger partial charge in [-0.05, 0) is 75.3 Å². The maximum Gasteiger partial charge on any atom is 0.226 e. The summed E-state index contributed by atoms with van der Waals surface area (Å²) >= 11 is 1.70. The van der Waals surface area contributed by atoms with Gasteiger partial charge < -0.3 is 15.3 Å². The number of rotatable bonds is 6. The average molecular weight is 478 g/mol. The Morgan fingerprint density at radius 2 is 2.00 bits per heavy atom. The van der Waals surface area contributed by atoms with E-state index < -0.39 is 0 Å². The molecule has 3 aromatic rings. The number of anilines is 2. The molecule has 5 rings (SSSR count). The van der Waals surface area contributed by atoms with Crippen LogP contribution in [0.5, 0.6) is 0 Å². The molecule has 4 heterocycles. The van der Waals surface area contributed by atoms with Crippen molar-refractivity contribution in [2.45, 2.75) is 57.4 Å². The van der Waals surface area contributed by atoms with Gasteiger partial charge in [-0.3, -0.25) is 4.79 Å². The van der Waals surface area contributed by atoms with E-state index >= 15 is 0 Å². The van der Waals surface area contributed by atoms with E-state index in [0.29, 0.717) is 5.92 Å². The maximum absolute atomic E-state index is 13.0. The number of aliphatic hydroxyl groups is 1. The van der Waals surface area contributed by atoms with Crippen LogP contribution >= 0.6 is 11.3 Å². The third kappa shape index (κ3) is 4.98. The van der Waals surface area contributed by atoms with Crippen LogP contribution in [0.4, 0.5) is 11.6 Å². The number of nitrogens with one attached hydrogen (secondary N) is 1. The predicted molar refractivity (Wildman–Crippen MR) is 134 cm³/mol. The summed E-state index contributed by atoms with van der Waals surface area (Å²) in [4.78, 5) is 29.8. The van der Waals surface area contributed by atoms with Gasteiger partial charge in [0.05, 0.1) is 28.2 Å². The number of likely N-dealkylation sites (tertiary alicyclic amines) is 1. The van der Waals surface area contributed by atoms with Gasteiger partial charge in [0.2, 0.25) is 5.91 Å². The van der Waals surface area contributed by atoms with Crippen molar-refractivity contribution in [2.75, 3.05) is 18.5 Å². The number of aryl methyl sites for hydroxylation is 1. The van der Waals surface area contributed by atoms with E-state index in [9.17, 15) is 9.90 Å². The molecule has 3 aromatic heterocycles. The van der Waals surface area contributed by atoms with Crippen molar-refractivity contribution >= 4 is 28.9 Å². The minimum atomic E-state index is 0.0196. The zero-order valence-corrected chi connectivity index (χ0v) is 20.3. The van der Waals surface area contributed by atoms with Gasteiger partial charge in [-0.1, -0.05) is 6.07 Å². The minimum Gasteiger partial charge on any atom is -0.394 e. The molecule has 1 unspecified atom stereocenters. The van der Waals surface area contributed by atoms with Crippen LogP contribution in [-0.2, 0) is 4.79 Å². The van der Waals surface area contributed by atoms with Gasteiger partial charge in [-0.25, -0.2) is 15.0 Å². The third-order valence-electron chi connectivity index (χ3n) is 6.99. The van der Waals surface area contributed by atoms with Gasteiger partial charge >= 0.3 is 0 Å². The number of hydrogen-bond acceptors (Lipinski definition) is 7. The van der Waals surface area contributed by atoms with Gasteiger partial charge in [0.25, 0.3) is 0 Å². The number of nitrogens with zero attached hydrogens (tertiary/aromatic N) is 4. The maximum atomic E-state index is 13.0. The highest BCUT2D eigenvalue weighted by molar-refractivity contribution is 7.15. The van der Waals surface area contributed by atoms with E-state index in [0.717, 1.165) is 77.8 Å². The standard InChI is InChI=1S/C26H31N5O2S/c1-17-11-12-27-24(14-17)30-23-6-2-5-21(29-23)22-15-28-25(34-22)18-7-9-19(10-8-18)26(33)31-13-3-4-20(31)16-32/h2,5-6,11-12,14-15,18-20,32H,3-4,7-10,13,16H2,1H3,(H,27,29,30). The number of pyridine rings is 2. The van der Waals surface area contributed by atoms with Crippen LogP contribution in [0.1, 0.15) is 55.0 Å². The lowest BCUT2D eigenvalue weighted by molar-refractivity contribution is -0.138. The number of aromatic nitrogens is 3. The van der Waals surface area contributed by atoms with Gasteiger partial charge in [-0.2, -0.15) is 0 Å². The Bertz CT molecular complexity index is 1140. The quantitative estimate of drug-likeness (QED) is 0.524. The summed E-state index contributed by atoms with van der Waals surface area (Å²) in [5.41, 5.74) is 2.04. The molecule has 8 heteroatoms. The molecule has 0 aromatic carbocycles. The molecule has 2 fully saturated rings. The van der Waals surface area contributed by atoms with Crippen molar-refractivity contribution in [1.82, 2.24) is 19.9 Å². The number of carbonyl (C=O) groups is 1. The van der Waals surface area contributed by atoms with Crippen LogP contribution in [0.2, 0.25) is 0 Å². The Morgan fingerprint density at radius 3 is 2.79 bits per heavy atom. The van der Waals surface area contributed by atoms with Crippen LogP contribution < -0.4 is 5.32 Å². The Kier molecular flexibility index (Phi) is 6.87. The first kappa shape index (κ1) is 22.9. The molecule has 1 aliphatic carbocycles. The van der Waals surface area contributed by atoms with Crippen molar-refractivity contribution in [1.29, 1.82) is 0 Å². The number of hydrogen-bond donors (Lipinski definition) is 2. The first-order valence-corrected chi connectivity index (χ1v) is 13.0. The minimum absolute atomic E-state index is 0.0196. The number of amides is 1. The van der Waals surface area contributed by atoms with Gasteiger partial charge in [0.15, 0.2) is 0 Å². The lowest BCUT2D eigenvalue weighted by Gasteiger charge is -2.32. The third-order valence-corrected chi connectivity index (χ3v) is 8.18. The van der Waals surface area contributed by atoms with Crippen LogP contribution in [0.3, 0.4) is 0 Å². The summed E-state index contributed by atoms with van der Waals surface area (Å²) in [5.74, 6) is 2.26. The molecule has 1 aliphatic heterocycles. The smallest absolute Gasteiger partial charge is 0.226 e. The molecule has 178 valence electrons. The Balaban J connectivity index is 1.21. The van der Waals surface area contributed by atoms with E-state index in [2.05, 4.69) is 10.3 Å². The molecule has 0 spiro atoms. The summed E-state index contributed by atoms with van der Waals surface area (Å²) in [6.45, 7) is 2.91. The summed E-state index contributed by atoms with van der Waals surface area (Å²) < 4.78 is 0. The predicted octanol–water partition coefficient (Wildman–Crippen LogP) is 4.91. The zero-order chi connectivity index (χ0) is 23.5. The Hall–Kier alpha value is -2.84. The average Bonchev–Trinajstić information content (AvgIpc) is 3.54. The topological polar surface area (TPSA) is 91.2 Å².